The maximum Gasteiger partial charge on any atom is 0.331 e. The number of benzene rings is 3. The van der Waals surface area contributed by atoms with Gasteiger partial charge in [-0.05, 0) is 42.0 Å². The van der Waals surface area contributed by atoms with E-state index in [4.69, 9.17) is 16.3 Å². The third-order valence-electron chi connectivity index (χ3n) is 5.90. The molecule has 1 saturated heterocycles. The van der Waals surface area contributed by atoms with Crippen LogP contribution in [0.2, 0.25) is 5.02 Å². The lowest BCUT2D eigenvalue weighted by Crippen LogP contribution is -2.53. The van der Waals surface area contributed by atoms with Crippen LogP contribution in [0.5, 0.6) is 5.75 Å². The Bertz CT molecular complexity index is 1480. The molecule has 7 nitrogen and oxygen atoms in total. The van der Waals surface area contributed by atoms with Gasteiger partial charge in [-0.2, -0.15) is 0 Å². The maximum atomic E-state index is 13.2. The van der Waals surface area contributed by atoms with Gasteiger partial charge in [0, 0.05) is 27.7 Å². The number of carbonyl (C=O) groups excluding carboxylic acids is 3. The Morgan fingerprint density at radius 3 is 2.39 bits per heavy atom. The van der Waals surface area contributed by atoms with Gasteiger partial charge in [-0.25, -0.2) is 4.79 Å². The fourth-order valence-electron chi connectivity index (χ4n) is 4.13. The molecule has 1 aliphatic rings. The highest BCUT2D eigenvalue weighted by Crippen LogP contribution is 2.26. The maximum absolute atomic E-state index is 13.2. The third-order valence-corrected chi connectivity index (χ3v) is 6.16. The van der Waals surface area contributed by atoms with E-state index < -0.39 is 17.8 Å². The van der Waals surface area contributed by atoms with E-state index in [2.05, 4.69) is 5.32 Å². The van der Waals surface area contributed by atoms with Crippen molar-refractivity contribution in [3.63, 3.8) is 0 Å². The Hall–Kier alpha value is -4.36. The Labute approximate surface area is 212 Å². The number of hydrogen-bond acceptors (Lipinski definition) is 4. The lowest BCUT2D eigenvalue weighted by molar-refractivity contribution is -0.130. The molecular weight excluding hydrogens is 478 g/mol. The molecular formula is C28H22ClN3O4. The Kier molecular flexibility index (Phi) is 6.56. The minimum Gasteiger partial charge on any atom is -0.492 e. The highest BCUT2D eigenvalue weighted by Gasteiger charge is 2.35. The second kappa shape index (κ2) is 10.1. The molecule has 0 bridgehead atoms. The summed E-state index contributed by atoms with van der Waals surface area (Å²) in [6.07, 6.45) is 3.42. The molecule has 1 aliphatic heterocycles. The van der Waals surface area contributed by atoms with E-state index >= 15 is 0 Å². The number of nitrogens with one attached hydrogen (secondary N) is 1. The molecule has 1 N–H and O–H groups in total. The zero-order chi connectivity index (χ0) is 25.1. The van der Waals surface area contributed by atoms with Crippen LogP contribution in [0, 0.1) is 0 Å². The molecule has 4 amide bonds. The number of urea groups is 1. The van der Waals surface area contributed by atoms with E-state index in [9.17, 15) is 14.4 Å². The highest BCUT2D eigenvalue weighted by molar-refractivity contribution is 6.31. The summed E-state index contributed by atoms with van der Waals surface area (Å²) in [4.78, 5) is 39.3. The molecule has 8 heteroatoms. The van der Waals surface area contributed by atoms with Crippen molar-refractivity contribution < 1.29 is 19.1 Å². The smallest absolute Gasteiger partial charge is 0.331 e. The summed E-state index contributed by atoms with van der Waals surface area (Å²) >= 11 is 5.93. The fourth-order valence-corrected chi connectivity index (χ4v) is 4.25. The van der Waals surface area contributed by atoms with Crippen LogP contribution < -0.4 is 10.1 Å². The quantitative estimate of drug-likeness (QED) is 0.285. The normalized spacial score (nSPS) is 15.0. The molecule has 180 valence electrons. The third kappa shape index (κ3) is 4.87. The van der Waals surface area contributed by atoms with Crippen molar-refractivity contribution >= 4 is 46.4 Å². The van der Waals surface area contributed by atoms with Gasteiger partial charge in [0.15, 0.2) is 0 Å². The number of imide groups is 2. The summed E-state index contributed by atoms with van der Waals surface area (Å²) in [5.74, 6) is -0.626. The van der Waals surface area contributed by atoms with E-state index in [1.165, 1.54) is 0 Å². The summed E-state index contributed by atoms with van der Waals surface area (Å²) in [6.45, 7) is 1.03. The second-order valence-electron chi connectivity index (χ2n) is 8.29. The summed E-state index contributed by atoms with van der Waals surface area (Å²) < 4.78 is 7.84. The standard InChI is InChI=1S/C28H22ClN3O4/c29-21-10-12-22(13-11-21)36-15-14-31-18-20(23-8-4-5-9-25(23)31)16-24-26(33)30-28(35)32(27(24)34)17-19-6-2-1-3-7-19/h1-13,16,18H,14-15,17H2,(H,30,33,35). The lowest BCUT2D eigenvalue weighted by Gasteiger charge is -2.26. The van der Waals surface area contributed by atoms with Crippen LogP contribution in [-0.4, -0.2) is 33.9 Å². The van der Waals surface area contributed by atoms with E-state index in [-0.39, 0.29) is 12.1 Å². The fraction of sp³-hybridized carbons (Fsp3) is 0.107. The van der Waals surface area contributed by atoms with Crippen LogP contribution in [-0.2, 0) is 22.7 Å². The number of carbonyl (C=O) groups is 3. The summed E-state index contributed by atoms with van der Waals surface area (Å²) in [7, 11) is 0. The van der Waals surface area contributed by atoms with Crippen molar-refractivity contribution in [1.29, 1.82) is 0 Å². The highest BCUT2D eigenvalue weighted by atomic mass is 35.5. The second-order valence-corrected chi connectivity index (χ2v) is 8.73. The van der Waals surface area contributed by atoms with Crippen molar-refractivity contribution in [1.82, 2.24) is 14.8 Å². The Morgan fingerprint density at radius 2 is 1.61 bits per heavy atom. The lowest BCUT2D eigenvalue weighted by atomic mass is 10.1. The largest absolute Gasteiger partial charge is 0.492 e. The van der Waals surface area contributed by atoms with Crippen LogP contribution >= 0.6 is 11.6 Å². The number of amides is 4. The molecule has 0 saturated carbocycles. The van der Waals surface area contributed by atoms with E-state index in [1.807, 2.05) is 77.5 Å². The minimum absolute atomic E-state index is 0.0694. The van der Waals surface area contributed by atoms with Gasteiger partial charge in [-0.15, -0.1) is 0 Å². The van der Waals surface area contributed by atoms with Crippen LogP contribution in [0.4, 0.5) is 4.79 Å². The van der Waals surface area contributed by atoms with Gasteiger partial charge in [0.2, 0.25) is 0 Å². The number of fused-ring (bicyclic) bond motifs is 1. The first-order valence-electron chi connectivity index (χ1n) is 11.4. The van der Waals surface area contributed by atoms with Gasteiger partial charge < -0.3 is 9.30 Å². The van der Waals surface area contributed by atoms with Crippen molar-refractivity contribution in [2.45, 2.75) is 13.1 Å². The van der Waals surface area contributed by atoms with Gasteiger partial charge in [-0.1, -0.05) is 60.1 Å². The molecule has 2 heterocycles. The number of para-hydroxylation sites is 1. The van der Waals surface area contributed by atoms with Crippen LogP contribution in [0.15, 0.2) is 90.6 Å². The van der Waals surface area contributed by atoms with Gasteiger partial charge >= 0.3 is 6.03 Å². The van der Waals surface area contributed by atoms with Gasteiger partial charge in [-0.3, -0.25) is 19.8 Å². The molecule has 5 rings (SSSR count). The molecule has 0 atom stereocenters. The number of halogens is 1. The first-order chi connectivity index (χ1) is 17.5. The van der Waals surface area contributed by atoms with Gasteiger partial charge in [0.1, 0.15) is 17.9 Å². The topological polar surface area (TPSA) is 80.6 Å². The Morgan fingerprint density at radius 1 is 0.889 bits per heavy atom. The number of ether oxygens (including phenoxy) is 1. The van der Waals surface area contributed by atoms with Crippen molar-refractivity contribution in [2.75, 3.05) is 6.61 Å². The van der Waals surface area contributed by atoms with Gasteiger partial charge in [0.05, 0.1) is 13.1 Å². The average Bonchev–Trinajstić information content (AvgIpc) is 3.23. The molecule has 1 fully saturated rings. The number of aromatic nitrogens is 1. The van der Waals surface area contributed by atoms with Gasteiger partial charge in [0.25, 0.3) is 11.8 Å². The number of nitrogens with zero attached hydrogens (tertiary/aromatic N) is 2. The SMILES string of the molecule is O=C1NC(=O)N(Cc2ccccc2)C(=O)C1=Cc1cn(CCOc2ccc(Cl)cc2)c2ccccc12. The van der Waals surface area contributed by atoms with E-state index in [0.717, 1.165) is 21.4 Å². The number of barbiturate groups is 1. The van der Waals surface area contributed by atoms with E-state index in [0.29, 0.717) is 29.5 Å². The van der Waals surface area contributed by atoms with Crippen LogP contribution in [0.1, 0.15) is 11.1 Å². The molecule has 0 aliphatic carbocycles. The molecule has 0 spiro atoms. The first kappa shape index (κ1) is 23.4. The predicted octanol–water partition coefficient (Wildman–Crippen LogP) is 5.04. The minimum atomic E-state index is -0.729. The number of hydrogen-bond donors (Lipinski definition) is 1. The van der Waals surface area contributed by atoms with Crippen molar-refractivity contribution in [3.8, 4) is 5.75 Å². The number of rotatable bonds is 7. The van der Waals surface area contributed by atoms with Crippen molar-refractivity contribution in [2.24, 2.45) is 0 Å². The Balaban J connectivity index is 1.41. The molecule has 3 aromatic carbocycles. The molecule has 4 aromatic rings. The molecule has 1 aromatic heterocycles. The first-order valence-corrected chi connectivity index (χ1v) is 11.8. The molecule has 0 unspecified atom stereocenters. The molecule has 36 heavy (non-hydrogen) atoms. The van der Waals surface area contributed by atoms with Crippen LogP contribution in [0.3, 0.4) is 0 Å². The zero-order valence-electron chi connectivity index (χ0n) is 19.2. The predicted molar refractivity (Wildman–Crippen MR) is 137 cm³/mol. The summed E-state index contributed by atoms with van der Waals surface area (Å²) in [6, 6.07) is 23.3. The van der Waals surface area contributed by atoms with Crippen molar-refractivity contribution in [3.05, 3.63) is 107 Å². The zero-order valence-corrected chi connectivity index (χ0v) is 19.9. The van der Waals surface area contributed by atoms with E-state index in [1.54, 1.807) is 18.2 Å². The summed E-state index contributed by atoms with van der Waals surface area (Å²) in [5.41, 5.74) is 2.33. The summed E-state index contributed by atoms with van der Waals surface area (Å²) in [5, 5.41) is 3.80. The average molecular weight is 500 g/mol. The molecule has 0 radical (unpaired) electrons. The van der Waals surface area contributed by atoms with Crippen LogP contribution in [0.25, 0.3) is 17.0 Å². The monoisotopic (exact) mass is 499 g/mol.